The largest absolute Gasteiger partial charge is 0.381 e. The molecule has 3 fully saturated rings. The molecule has 1 N–H and O–H groups in total. The highest BCUT2D eigenvalue weighted by Crippen LogP contribution is 2.25. The number of nitrogens with one attached hydrogen (secondary N) is 1. The molecule has 1 aliphatic carbocycles. The fourth-order valence-electron chi connectivity index (χ4n) is 3.81. The molecule has 0 aromatic rings. The van der Waals surface area contributed by atoms with Gasteiger partial charge in [-0.3, -0.25) is 0 Å². The molecule has 2 nitrogen and oxygen atoms in total. The van der Waals surface area contributed by atoms with Gasteiger partial charge in [0.1, 0.15) is 0 Å². The molecule has 0 amide bonds. The maximum absolute atomic E-state index is 5.20. The molecule has 2 saturated heterocycles. The lowest BCUT2D eigenvalue weighted by atomic mass is 9.88. The molecule has 3 rings (SSSR count). The van der Waals surface area contributed by atoms with E-state index in [0.717, 1.165) is 31.0 Å². The molecule has 0 radical (unpaired) electrons. The monoisotopic (exact) mass is 325 g/mol. The Morgan fingerprint density at radius 3 is 1.61 bits per heavy atom. The number of hydrogen-bond donors (Lipinski definition) is 1. The minimum atomic E-state index is 0.962. The maximum atomic E-state index is 5.20. The van der Waals surface area contributed by atoms with Crippen molar-refractivity contribution in [2.75, 3.05) is 26.3 Å². The van der Waals surface area contributed by atoms with Crippen molar-refractivity contribution >= 4 is 0 Å². The first-order valence-electron chi connectivity index (χ1n) is 10.6. The van der Waals surface area contributed by atoms with Gasteiger partial charge < -0.3 is 10.1 Å². The van der Waals surface area contributed by atoms with Gasteiger partial charge in [-0.2, -0.15) is 0 Å². The summed E-state index contributed by atoms with van der Waals surface area (Å²) in [6.45, 7) is 11.3. The highest BCUT2D eigenvalue weighted by molar-refractivity contribution is 4.68. The van der Waals surface area contributed by atoms with Crippen molar-refractivity contribution < 1.29 is 4.74 Å². The summed E-state index contributed by atoms with van der Waals surface area (Å²) in [6.07, 6.45) is 15.6. The average molecular weight is 326 g/mol. The van der Waals surface area contributed by atoms with E-state index in [2.05, 4.69) is 26.1 Å². The van der Waals surface area contributed by atoms with Crippen LogP contribution in [0.1, 0.15) is 91.4 Å². The second-order valence-electron chi connectivity index (χ2n) is 7.64. The van der Waals surface area contributed by atoms with E-state index in [4.69, 9.17) is 4.74 Å². The van der Waals surface area contributed by atoms with E-state index in [9.17, 15) is 0 Å². The summed E-state index contributed by atoms with van der Waals surface area (Å²) in [4.78, 5) is 0. The summed E-state index contributed by atoms with van der Waals surface area (Å²) < 4.78 is 5.20. The van der Waals surface area contributed by atoms with E-state index in [1.807, 2.05) is 0 Å². The highest BCUT2D eigenvalue weighted by atomic mass is 16.5. The third-order valence-electron chi connectivity index (χ3n) is 5.96. The third kappa shape index (κ3) is 10.4. The molecule has 1 saturated carbocycles. The Morgan fingerprint density at radius 2 is 1.26 bits per heavy atom. The lowest BCUT2D eigenvalue weighted by Crippen LogP contribution is -2.14. The molecule has 0 aromatic heterocycles. The molecular weight excluding hydrogens is 282 g/mol. The summed E-state index contributed by atoms with van der Waals surface area (Å²) in [6, 6.07) is 0. The van der Waals surface area contributed by atoms with Crippen LogP contribution in [0.5, 0.6) is 0 Å². The summed E-state index contributed by atoms with van der Waals surface area (Å²) >= 11 is 0. The SMILES string of the molecule is CCC1CCCCC1.CCC1CCNC1.CCC1CCOCC1. The first-order chi connectivity index (χ1) is 11.3. The van der Waals surface area contributed by atoms with Crippen molar-refractivity contribution in [2.24, 2.45) is 17.8 Å². The van der Waals surface area contributed by atoms with E-state index in [0.29, 0.717) is 0 Å². The minimum absolute atomic E-state index is 0.962. The molecule has 0 aromatic carbocycles. The van der Waals surface area contributed by atoms with Crippen LogP contribution >= 0.6 is 0 Å². The molecule has 23 heavy (non-hydrogen) atoms. The summed E-state index contributed by atoms with van der Waals surface area (Å²) in [7, 11) is 0. The Labute approximate surface area is 146 Å². The van der Waals surface area contributed by atoms with E-state index < -0.39 is 0 Å². The van der Waals surface area contributed by atoms with Crippen molar-refractivity contribution in [3.8, 4) is 0 Å². The lowest BCUT2D eigenvalue weighted by molar-refractivity contribution is 0.0654. The molecule has 1 unspecified atom stereocenters. The van der Waals surface area contributed by atoms with Crippen LogP contribution in [0.2, 0.25) is 0 Å². The molecule has 138 valence electrons. The predicted octanol–water partition coefficient (Wildman–Crippen LogP) is 5.81. The number of hydrogen-bond acceptors (Lipinski definition) is 2. The lowest BCUT2D eigenvalue weighted by Gasteiger charge is -2.19. The van der Waals surface area contributed by atoms with Gasteiger partial charge in [0.25, 0.3) is 0 Å². The highest BCUT2D eigenvalue weighted by Gasteiger charge is 2.11. The van der Waals surface area contributed by atoms with Crippen LogP contribution in [0.15, 0.2) is 0 Å². The molecule has 0 bridgehead atoms. The van der Waals surface area contributed by atoms with Gasteiger partial charge in [-0.25, -0.2) is 0 Å². The van der Waals surface area contributed by atoms with Gasteiger partial charge in [-0.05, 0) is 50.1 Å². The van der Waals surface area contributed by atoms with Crippen molar-refractivity contribution in [2.45, 2.75) is 91.4 Å². The second-order valence-corrected chi connectivity index (χ2v) is 7.64. The summed E-state index contributed by atoms with van der Waals surface area (Å²) in [5.74, 6) is 3.03. The van der Waals surface area contributed by atoms with Gasteiger partial charge in [0.05, 0.1) is 0 Å². The van der Waals surface area contributed by atoms with E-state index in [1.165, 1.54) is 83.7 Å². The van der Waals surface area contributed by atoms with Gasteiger partial charge in [0.2, 0.25) is 0 Å². The first-order valence-corrected chi connectivity index (χ1v) is 10.6. The van der Waals surface area contributed by atoms with Crippen LogP contribution in [0, 0.1) is 17.8 Å². The van der Waals surface area contributed by atoms with E-state index in [-0.39, 0.29) is 0 Å². The molecule has 2 heteroatoms. The molecule has 3 aliphatic rings. The Kier molecular flexibility index (Phi) is 13.0. The number of ether oxygens (including phenoxy) is 1. The van der Waals surface area contributed by atoms with Crippen LogP contribution in [-0.4, -0.2) is 26.3 Å². The Morgan fingerprint density at radius 1 is 0.696 bits per heavy atom. The van der Waals surface area contributed by atoms with Gasteiger partial charge >= 0.3 is 0 Å². The fraction of sp³-hybridized carbons (Fsp3) is 1.00. The number of rotatable bonds is 3. The van der Waals surface area contributed by atoms with Crippen molar-refractivity contribution in [1.82, 2.24) is 5.32 Å². The van der Waals surface area contributed by atoms with Gasteiger partial charge in [0, 0.05) is 13.2 Å². The van der Waals surface area contributed by atoms with Crippen LogP contribution in [0.3, 0.4) is 0 Å². The van der Waals surface area contributed by atoms with Crippen LogP contribution in [0.25, 0.3) is 0 Å². The van der Waals surface area contributed by atoms with Crippen molar-refractivity contribution in [1.29, 1.82) is 0 Å². The first kappa shape index (κ1) is 21.0. The normalized spacial score (nSPS) is 26.0. The standard InChI is InChI=1S/C8H16.C7H14O.C6H13N/c1-2-8-6-4-3-5-7-8;1-2-7-3-5-8-6-4-7;1-2-6-3-4-7-5-6/h8H,2-7H2,1H3;7H,2-6H2,1H3;6-7H,2-5H2,1H3. The van der Waals surface area contributed by atoms with E-state index >= 15 is 0 Å². The smallest absolute Gasteiger partial charge is 0.0468 e. The zero-order valence-electron chi connectivity index (χ0n) is 16.2. The maximum Gasteiger partial charge on any atom is 0.0468 e. The van der Waals surface area contributed by atoms with Crippen LogP contribution in [-0.2, 0) is 4.74 Å². The zero-order valence-corrected chi connectivity index (χ0v) is 16.2. The molecule has 1 atom stereocenters. The zero-order chi connectivity index (χ0) is 16.8. The quantitative estimate of drug-likeness (QED) is 0.707. The molecule has 2 heterocycles. The minimum Gasteiger partial charge on any atom is -0.381 e. The van der Waals surface area contributed by atoms with Gasteiger partial charge in [-0.1, -0.05) is 72.1 Å². The summed E-state index contributed by atoms with van der Waals surface area (Å²) in [5.41, 5.74) is 0. The second kappa shape index (κ2) is 14.3. The Balaban J connectivity index is 0.000000173. The van der Waals surface area contributed by atoms with Crippen LogP contribution < -0.4 is 5.32 Å². The topological polar surface area (TPSA) is 21.3 Å². The molecule has 0 spiro atoms. The summed E-state index contributed by atoms with van der Waals surface area (Å²) in [5, 5.41) is 3.32. The van der Waals surface area contributed by atoms with Gasteiger partial charge in [-0.15, -0.1) is 0 Å². The van der Waals surface area contributed by atoms with E-state index in [1.54, 1.807) is 0 Å². The third-order valence-corrected chi connectivity index (χ3v) is 5.96. The Hall–Kier alpha value is -0.0800. The van der Waals surface area contributed by atoms with Gasteiger partial charge in [0.15, 0.2) is 0 Å². The predicted molar refractivity (Wildman–Crippen MR) is 102 cm³/mol. The molecule has 2 aliphatic heterocycles. The Bertz CT molecular complexity index is 220. The average Bonchev–Trinajstić information content (AvgIpc) is 3.18. The molecular formula is C21H43NO. The van der Waals surface area contributed by atoms with Crippen molar-refractivity contribution in [3.05, 3.63) is 0 Å². The van der Waals surface area contributed by atoms with Crippen molar-refractivity contribution in [3.63, 3.8) is 0 Å². The fourth-order valence-corrected chi connectivity index (χ4v) is 3.81. The van der Waals surface area contributed by atoms with Crippen LogP contribution in [0.4, 0.5) is 0 Å².